The zero-order valence-electron chi connectivity index (χ0n) is 7.08. The third-order valence-electron chi connectivity index (χ3n) is 2.41. The molecule has 1 heterocycles. The molecule has 68 valence electrons. The molecule has 0 aromatic heterocycles. The normalized spacial score (nSPS) is 23.8. The number of amides is 2. The molecule has 1 saturated carbocycles. The molecule has 4 heteroatoms. The summed E-state index contributed by atoms with van der Waals surface area (Å²) in [5.74, 6) is 0. The van der Waals surface area contributed by atoms with Gasteiger partial charge in [0.15, 0.2) is 0 Å². The van der Waals surface area contributed by atoms with Gasteiger partial charge in [0.1, 0.15) is 0 Å². The van der Waals surface area contributed by atoms with E-state index in [0.717, 1.165) is 25.8 Å². The molecule has 2 rings (SSSR count). The fraction of sp³-hybridized carbons (Fsp3) is 0.875. The smallest absolute Gasteiger partial charge is 0.333 e. The van der Waals surface area contributed by atoms with Crippen molar-refractivity contribution >= 4 is 6.03 Å². The van der Waals surface area contributed by atoms with Gasteiger partial charge in [0, 0.05) is 6.04 Å². The number of urea groups is 1. The molecule has 2 fully saturated rings. The Labute approximate surface area is 71.8 Å². The maximum atomic E-state index is 11.3. The first kappa shape index (κ1) is 7.86. The molecule has 0 aromatic rings. The predicted octanol–water partition coefficient (Wildman–Crippen LogP) is 0.886. The maximum Gasteiger partial charge on any atom is 0.341 e. The highest BCUT2D eigenvalue weighted by Crippen LogP contribution is 2.18. The van der Waals surface area contributed by atoms with Crippen LogP contribution in [-0.2, 0) is 4.84 Å². The highest BCUT2D eigenvalue weighted by molar-refractivity contribution is 5.73. The topological polar surface area (TPSA) is 41.6 Å². The van der Waals surface area contributed by atoms with Crippen LogP contribution in [0, 0.1) is 0 Å². The van der Waals surface area contributed by atoms with E-state index in [-0.39, 0.29) is 6.03 Å². The van der Waals surface area contributed by atoms with Crippen LogP contribution in [0.2, 0.25) is 0 Å². The van der Waals surface area contributed by atoms with E-state index < -0.39 is 0 Å². The fourth-order valence-corrected chi connectivity index (χ4v) is 1.41. The summed E-state index contributed by atoms with van der Waals surface area (Å²) in [4.78, 5) is 16.4. The van der Waals surface area contributed by atoms with E-state index in [1.165, 1.54) is 11.5 Å². The van der Waals surface area contributed by atoms with Crippen LogP contribution in [0.4, 0.5) is 4.79 Å². The van der Waals surface area contributed by atoms with Gasteiger partial charge < -0.3 is 5.32 Å². The Balaban J connectivity index is 1.74. The number of nitrogens with zero attached hydrogens (tertiary/aromatic N) is 1. The molecule has 0 bridgehead atoms. The summed E-state index contributed by atoms with van der Waals surface area (Å²) < 4.78 is 0. The number of nitrogens with one attached hydrogen (secondary N) is 1. The molecule has 0 radical (unpaired) electrons. The van der Waals surface area contributed by atoms with Crippen molar-refractivity contribution in [3.8, 4) is 0 Å². The number of carbonyl (C=O) groups is 1. The number of rotatable bonds is 1. The first-order chi connectivity index (χ1) is 5.86. The van der Waals surface area contributed by atoms with Crippen LogP contribution < -0.4 is 5.32 Å². The molecule has 2 aliphatic rings. The monoisotopic (exact) mass is 170 g/mol. The minimum atomic E-state index is -0.0581. The standard InChI is InChI=1S/C8H14N2O2/c11-8(9-7-3-1-4-7)10-5-2-6-12-10/h7H,1-6H2,(H,9,11). The fourth-order valence-electron chi connectivity index (χ4n) is 1.41. The Morgan fingerprint density at radius 3 is 2.75 bits per heavy atom. The largest absolute Gasteiger partial charge is 0.341 e. The SMILES string of the molecule is O=C(NC1CCC1)N1CCCO1. The first-order valence-corrected chi connectivity index (χ1v) is 4.57. The second-order valence-corrected chi connectivity index (χ2v) is 3.37. The van der Waals surface area contributed by atoms with Gasteiger partial charge >= 0.3 is 6.03 Å². The number of carbonyl (C=O) groups excluding carboxylic acids is 1. The molecule has 0 atom stereocenters. The van der Waals surface area contributed by atoms with E-state index in [1.54, 1.807) is 0 Å². The maximum absolute atomic E-state index is 11.3. The van der Waals surface area contributed by atoms with Crippen molar-refractivity contribution in [1.82, 2.24) is 10.4 Å². The van der Waals surface area contributed by atoms with Crippen LogP contribution in [0.15, 0.2) is 0 Å². The van der Waals surface area contributed by atoms with Gasteiger partial charge in [-0.15, -0.1) is 0 Å². The Bertz CT molecular complexity index is 174. The molecule has 12 heavy (non-hydrogen) atoms. The van der Waals surface area contributed by atoms with Crippen LogP contribution in [0.3, 0.4) is 0 Å². The van der Waals surface area contributed by atoms with Crippen LogP contribution in [0.25, 0.3) is 0 Å². The van der Waals surface area contributed by atoms with Crippen molar-refractivity contribution in [1.29, 1.82) is 0 Å². The lowest BCUT2D eigenvalue weighted by Crippen LogP contribution is -2.45. The van der Waals surface area contributed by atoms with Crippen LogP contribution in [0.1, 0.15) is 25.7 Å². The van der Waals surface area contributed by atoms with Gasteiger partial charge in [0.2, 0.25) is 0 Å². The zero-order chi connectivity index (χ0) is 8.39. The lowest BCUT2D eigenvalue weighted by Gasteiger charge is -2.28. The highest BCUT2D eigenvalue weighted by atomic mass is 16.7. The van der Waals surface area contributed by atoms with Crippen LogP contribution in [0.5, 0.6) is 0 Å². The minimum Gasteiger partial charge on any atom is -0.333 e. The van der Waals surface area contributed by atoms with Gasteiger partial charge in [-0.1, -0.05) is 0 Å². The third-order valence-corrected chi connectivity index (χ3v) is 2.41. The molecule has 0 spiro atoms. The van der Waals surface area contributed by atoms with Gasteiger partial charge in [-0.05, 0) is 25.7 Å². The minimum absolute atomic E-state index is 0.0581. The van der Waals surface area contributed by atoms with Gasteiger partial charge in [0.05, 0.1) is 13.2 Å². The molecule has 1 N–H and O–H groups in total. The van der Waals surface area contributed by atoms with Crippen molar-refractivity contribution in [3.05, 3.63) is 0 Å². The summed E-state index contributed by atoms with van der Waals surface area (Å²) in [6.07, 6.45) is 4.45. The van der Waals surface area contributed by atoms with E-state index in [2.05, 4.69) is 5.32 Å². The van der Waals surface area contributed by atoms with Crippen molar-refractivity contribution in [2.45, 2.75) is 31.7 Å². The zero-order valence-corrected chi connectivity index (χ0v) is 7.08. The van der Waals surface area contributed by atoms with E-state index in [9.17, 15) is 4.79 Å². The van der Waals surface area contributed by atoms with Crippen molar-refractivity contribution in [2.24, 2.45) is 0 Å². The average Bonchev–Trinajstić information content (AvgIpc) is 2.47. The van der Waals surface area contributed by atoms with Gasteiger partial charge in [0.25, 0.3) is 0 Å². The average molecular weight is 170 g/mol. The van der Waals surface area contributed by atoms with Crippen molar-refractivity contribution < 1.29 is 9.63 Å². The van der Waals surface area contributed by atoms with Crippen LogP contribution in [-0.4, -0.2) is 30.3 Å². The summed E-state index contributed by atoms with van der Waals surface area (Å²) >= 11 is 0. The molecule has 1 aliphatic carbocycles. The van der Waals surface area contributed by atoms with E-state index in [4.69, 9.17) is 4.84 Å². The molecule has 0 unspecified atom stereocenters. The number of hydrogen-bond donors (Lipinski definition) is 1. The molecule has 0 aromatic carbocycles. The summed E-state index contributed by atoms with van der Waals surface area (Å²) in [6.45, 7) is 1.41. The molecule has 1 saturated heterocycles. The molecule has 1 aliphatic heterocycles. The van der Waals surface area contributed by atoms with Gasteiger partial charge in [-0.25, -0.2) is 9.86 Å². The Morgan fingerprint density at radius 2 is 2.25 bits per heavy atom. The summed E-state index contributed by atoms with van der Waals surface area (Å²) in [5.41, 5.74) is 0. The van der Waals surface area contributed by atoms with E-state index >= 15 is 0 Å². The Kier molecular flexibility index (Phi) is 2.17. The first-order valence-electron chi connectivity index (χ1n) is 4.57. The number of hydroxylamine groups is 2. The summed E-state index contributed by atoms with van der Waals surface area (Å²) in [6, 6.07) is 0.346. The third kappa shape index (κ3) is 1.53. The predicted molar refractivity (Wildman–Crippen MR) is 43.4 cm³/mol. The second kappa shape index (κ2) is 3.31. The van der Waals surface area contributed by atoms with E-state index in [0.29, 0.717) is 12.6 Å². The lowest BCUT2D eigenvalue weighted by molar-refractivity contribution is -0.0676. The Morgan fingerprint density at radius 1 is 1.42 bits per heavy atom. The van der Waals surface area contributed by atoms with Crippen molar-refractivity contribution in [2.75, 3.05) is 13.2 Å². The summed E-state index contributed by atoms with van der Waals surface area (Å²) in [5, 5.41) is 4.35. The van der Waals surface area contributed by atoms with E-state index in [1.807, 2.05) is 0 Å². The second-order valence-electron chi connectivity index (χ2n) is 3.37. The molecule has 4 nitrogen and oxygen atoms in total. The lowest BCUT2D eigenvalue weighted by atomic mass is 9.93. The quantitative estimate of drug-likeness (QED) is 0.635. The Hall–Kier alpha value is -0.770. The molecule has 2 amide bonds. The van der Waals surface area contributed by atoms with Gasteiger partial charge in [-0.3, -0.25) is 4.84 Å². The summed E-state index contributed by atoms with van der Waals surface area (Å²) in [7, 11) is 0. The molecular formula is C8H14N2O2. The van der Waals surface area contributed by atoms with Crippen molar-refractivity contribution in [3.63, 3.8) is 0 Å². The highest BCUT2D eigenvalue weighted by Gasteiger charge is 2.24. The number of hydrogen-bond acceptors (Lipinski definition) is 2. The van der Waals surface area contributed by atoms with Crippen LogP contribution >= 0.6 is 0 Å². The van der Waals surface area contributed by atoms with Gasteiger partial charge in [-0.2, -0.15) is 0 Å². The molecular weight excluding hydrogens is 156 g/mol.